The predicted molar refractivity (Wildman–Crippen MR) is 72.8 cm³/mol. The minimum absolute atomic E-state index is 0.317. The van der Waals surface area contributed by atoms with Crippen LogP contribution in [-0.4, -0.2) is 9.55 Å². The first-order chi connectivity index (χ1) is 7.82. The van der Waals surface area contributed by atoms with E-state index in [2.05, 4.69) is 30.3 Å². The molecule has 0 saturated heterocycles. The Hall–Kier alpha value is -0.830. The Labute approximate surface area is 105 Å². The van der Waals surface area contributed by atoms with Gasteiger partial charge in [-0.05, 0) is 33.1 Å². The molecule has 0 aliphatic rings. The summed E-state index contributed by atoms with van der Waals surface area (Å²) in [5.41, 5.74) is 6.96. The van der Waals surface area contributed by atoms with Crippen molar-refractivity contribution in [2.45, 2.75) is 65.5 Å². The van der Waals surface area contributed by atoms with Gasteiger partial charge in [0.05, 0.1) is 17.6 Å². The lowest BCUT2D eigenvalue weighted by Crippen LogP contribution is -2.32. The molecule has 17 heavy (non-hydrogen) atoms. The SMILES string of the molecule is CC(C)CCCC(C)n1cncc1C(C)(C)N. The van der Waals surface area contributed by atoms with Crippen molar-refractivity contribution in [2.24, 2.45) is 11.7 Å². The van der Waals surface area contributed by atoms with E-state index in [1.807, 2.05) is 26.4 Å². The molecular formula is C14H27N3. The van der Waals surface area contributed by atoms with Crippen LogP contribution in [0, 0.1) is 5.92 Å². The van der Waals surface area contributed by atoms with Gasteiger partial charge in [0.15, 0.2) is 0 Å². The van der Waals surface area contributed by atoms with Crippen molar-refractivity contribution in [1.29, 1.82) is 0 Å². The average molecular weight is 237 g/mol. The second-order valence-electron chi connectivity index (χ2n) is 6.08. The molecule has 1 heterocycles. The topological polar surface area (TPSA) is 43.8 Å². The van der Waals surface area contributed by atoms with E-state index in [1.54, 1.807) is 0 Å². The van der Waals surface area contributed by atoms with E-state index in [4.69, 9.17) is 5.73 Å². The van der Waals surface area contributed by atoms with Gasteiger partial charge in [-0.3, -0.25) is 0 Å². The third-order valence-corrected chi connectivity index (χ3v) is 3.20. The molecule has 3 nitrogen and oxygen atoms in total. The Morgan fingerprint density at radius 2 is 1.94 bits per heavy atom. The first-order valence-corrected chi connectivity index (χ1v) is 6.63. The maximum absolute atomic E-state index is 6.16. The van der Waals surface area contributed by atoms with Crippen molar-refractivity contribution < 1.29 is 0 Å². The summed E-state index contributed by atoms with van der Waals surface area (Å²) in [6, 6.07) is 0.481. The van der Waals surface area contributed by atoms with Gasteiger partial charge in [-0.2, -0.15) is 0 Å². The third-order valence-electron chi connectivity index (χ3n) is 3.20. The second-order valence-corrected chi connectivity index (χ2v) is 6.08. The summed E-state index contributed by atoms with van der Waals surface area (Å²) in [7, 11) is 0. The van der Waals surface area contributed by atoms with Crippen molar-refractivity contribution in [3.05, 3.63) is 18.2 Å². The molecule has 2 N–H and O–H groups in total. The van der Waals surface area contributed by atoms with Gasteiger partial charge in [-0.15, -0.1) is 0 Å². The molecule has 1 unspecified atom stereocenters. The number of nitrogens with zero attached hydrogens (tertiary/aromatic N) is 2. The molecule has 0 aliphatic carbocycles. The van der Waals surface area contributed by atoms with E-state index < -0.39 is 0 Å². The third kappa shape index (κ3) is 4.15. The molecule has 0 amide bonds. The number of nitrogens with two attached hydrogens (primary N) is 1. The van der Waals surface area contributed by atoms with Crippen molar-refractivity contribution >= 4 is 0 Å². The fourth-order valence-corrected chi connectivity index (χ4v) is 2.12. The zero-order chi connectivity index (χ0) is 13.1. The Morgan fingerprint density at radius 1 is 1.29 bits per heavy atom. The summed E-state index contributed by atoms with van der Waals surface area (Å²) in [6.45, 7) is 10.9. The van der Waals surface area contributed by atoms with Gasteiger partial charge in [0, 0.05) is 12.2 Å². The van der Waals surface area contributed by atoms with Crippen LogP contribution in [-0.2, 0) is 5.54 Å². The summed E-state index contributed by atoms with van der Waals surface area (Å²) < 4.78 is 2.22. The first-order valence-electron chi connectivity index (χ1n) is 6.63. The molecular weight excluding hydrogens is 210 g/mol. The molecule has 1 aromatic rings. The average Bonchev–Trinajstić information content (AvgIpc) is 2.64. The number of aromatic nitrogens is 2. The lowest BCUT2D eigenvalue weighted by atomic mass is 10.0. The lowest BCUT2D eigenvalue weighted by molar-refractivity contribution is 0.408. The van der Waals surface area contributed by atoms with Crippen LogP contribution in [0.5, 0.6) is 0 Å². The smallest absolute Gasteiger partial charge is 0.0951 e. The van der Waals surface area contributed by atoms with Gasteiger partial charge in [-0.1, -0.05) is 26.7 Å². The van der Waals surface area contributed by atoms with Crippen LogP contribution in [0.1, 0.15) is 65.6 Å². The van der Waals surface area contributed by atoms with Gasteiger partial charge >= 0.3 is 0 Å². The maximum atomic E-state index is 6.16. The maximum Gasteiger partial charge on any atom is 0.0951 e. The zero-order valence-corrected chi connectivity index (χ0v) is 11.9. The molecule has 0 spiro atoms. The summed E-state index contributed by atoms with van der Waals surface area (Å²) in [4.78, 5) is 4.24. The molecule has 1 atom stereocenters. The Morgan fingerprint density at radius 3 is 2.47 bits per heavy atom. The minimum atomic E-state index is -0.317. The van der Waals surface area contributed by atoms with Gasteiger partial charge in [0.1, 0.15) is 0 Å². The molecule has 3 heteroatoms. The molecule has 0 fully saturated rings. The van der Waals surface area contributed by atoms with Crippen molar-refractivity contribution in [3.8, 4) is 0 Å². The monoisotopic (exact) mass is 237 g/mol. The fourth-order valence-electron chi connectivity index (χ4n) is 2.12. The molecule has 0 bridgehead atoms. The van der Waals surface area contributed by atoms with E-state index in [-0.39, 0.29) is 5.54 Å². The highest BCUT2D eigenvalue weighted by Crippen LogP contribution is 2.23. The van der Waals surface area contributed by atoms with Crippen molar-refractivity contribution in [1.82, 2.24) is 9.55 Å². The summed E-state index contributed by atoms with van der Waals surface area (Å²) in [6.07, 6.45) is 7.54. The highest BCUT2D eigenvalue weighted by Gasteiger charge is 2.21. The minimum Gasteiger partial charge on any atom is -0.330 e. The molecule has 0 saturated carbocycles. The van der Waals surface area contributed by atoms with Crippen LogP contribution in [0.2, 0.25) is 0 Å². The number of hydrogen-bond donors (Lipinski definition) is 1. The summed E-state index contributed by atoms with van der Waals surface area (Å²) in [5.74, 6) is 0.787. The van der Waals surface area contributed by atoms with Crippen LogP contribution in [0.25, 0.3) is 0 Å². The zero-order valence-electron chi connectivity index (χ0n) is 11.9. The van der Waals surface area contributed by atoms with Crippen LogP contribution in [0.3, 0.4) is 0 Å². The van der Waals surface area contributed by atoms with Gasteiger partial charge in [0.2, 0.25) is 0 Å². The molecule has 1 rings (SSSR count). The van der Waals surface area contributed by atoms with Crippen LogP contribution in [0.15, 0.2) is 12.5 Å². The molecule has 98 valence electrons. The molecule has 0 aliphatic heterocycles. The van der Waals surface area contributed by atoms with E-state index in [9.17, 15) is 0 Å². The van der Waals surface area contributed by atoms with Crippen LogP contribution >= 0.6 is 0 Å². The number of imidazole rings is 1. The van der Waals surface area contributed by atoms with E-state index in [1.165, 1.54) is 19.3 Å². The predicted octanol–water partition coefficient (Wildman–Crippen LogP) is 3.46. The van der Waals surface area contributed by atoms with E-state index in [0.29, 0.717) is 6.04 Å². The normalized spacial score (nSPS) is 14.3. The quantitative estimate of drug-likeness (QED) is 0.823. The van der Waals surface area contributed by atoms with E-state index in [0.717, 1.165) is 11.6 Å². The summed E-state index contributed by atoms with van der Waals surface area (Å²) >= 11 is 0. The van der Waals surface area contributed by atoms with Gasteiger partial charge in [0.25, 0.3) is 0 Å². The van der Waals surface area contributed by atoms with Gasteiger partial charge in [-0.25, -0.2) is 4.98 Å². The molecule has 0 aromatic carbocycles. The Kier molecular flexibility index (Phi) is 4.75. The second kappa shape index (κ2) is 5.67. The Balaban J connectivity index is 2.63. The van der Waals surface area contributed by atoms with Crippen LogP contribution in [0.4, 0.5) is 0 Å². The highest BCUT2D eigenvalue weighted by molar-refractivity contribution is 5.10. The first kappa shape index (κ1) is 14.2. The van der Waals surface area contributed by atoms with Crippen LogP contribution < -0.4 is 5.73 Å². The fraction of sp³-hybridized carbons (Fsp3) is 0.786. The Bertz CT molecular complexity index is 333. The lowest BCUT2D eigenvalue weighted by Gasteiger charge is -2.24. The van der Waals surface area contributed by atoms with Crippen molar-refractivity contribution in [2.75, 3.05) is 0 Å². The summed E-state index contributed by atoms with van der Waals surface area (Å²) in [5, 5.41) is 0. The van der Waals surface area contributed by atoms with Gasteiger partial charge < -0.3 is 10.3 Å². The van der Waals surface area contributed by atoms with Crippen molar-refractivity contribution in [3.63, 3.8) is 0 Å². The largest absolute Gasteiger partial charge is 0.330 e. The molecule has 0 radical (unpaired) electrons. The highest BCUT2D eigenvalue weighted by atomic mass is 15.1. The number of hydrogen-bond acceptors (Lipinski definition) is 2. The molecule has 1 aromatic heterocycles. The van der Waals surface area contributed by atoms with E-state index >= 15 is 0 Å². The standard InChI is InChI=1S/C14H27N3/c1-11(2)7-6-8-12(3)17-10-16-9-13(17)14(4,5)15/h9-12H,6-8,15H2,1-5H3. The number of rotatable bonds is 6.